The van der Waals surface area contributed by atoms with Crippen LogP contribution in [0.3, 0.4) is 0 Å². The van der Waals surface area contributed by atoms with E-state index < -0.39 is 32.8 Å². The van der Waals surface area contributed by atoms with Crippen LogP contribution in [0.15, 0.2) is 0 Å². The van der Waals surface area contributed by atoms with Gasteiger partial charge in [-0.25, -0.2) is 4.79 Å². The van der Waals surface area contributed by atoms with Gasteiger partial charge >= 0.3 is 12.1 Å². The van der Waals surface area contributed by atoms with Gasteiger partial charge in [-0.1, -0.05) is 0 Å². The number of halogens is 2. The lowest BCUT2D eigenvalue weighted by atomic mass is 9.69. The van der Waals surface area contributed by atoms with E-state index in [1.54, 1.807) is 27.7 Å². The summed E-state index contributed by atoms with van der Waals surface area (Å²) in [5.41, 5.74) is -2.08. The van der Waals surface area contributed by atoms with Crippen LogP contribution in [0.2, 0.25) is 0 Å². The number of carbonyl (C=O) groups excluding carboxylic acids is 2. The SMILES string of the molecule is COC(=O)[C@]1(C)CN(C(=O)OC(C)(C)C)CCC12CC2(Cl)Cl. The van der Waals surface area contributed by atoms with Crippen LogP contribution in [0.5, 0.6) is 0 Å². The van der Waals surface area contributed by atoms with Gasteiger partial charge in [0, 0.05) is 18.5 Å². The van der Waals surface area contributed by atoms with Crippen LogP contribution in [0, 0.1) is 10.8 Å². The quantitative estimate of drug-likeness (QED) is 0.536. The molecule has 1 aliphatic heterocycles. The molecule has 1 heterocycles. The molecule has 2 rings (SSSR count). The van der Waals surface area contributed by atoms with Crippen molar-refractivity contribution in [1.29, 1.82) is 0 Å². The molecule has 0 aromatic carbocycles. The Morgan fingerprint density at radius 2 is 1.77 bits per heavy atom. The Morgan fingerprint density at radius 3 is 2.18 bits per heavy atom. The highest BCUT2D eigenvalue weighted by Gasteiger charge is 2.77. The monoisotopic (exact) mass is 351 g/mol. The number of methoxy groups -OCH3 is 1. The van der Waals surface area contributed by atoms with Crippen molar-refractivity contribution >= 4 is 35.3 Å². The minimum Gasteiger partial charge on any atom is -0.469 e. The van der Waals surface area contributed by atoms with Crippen LogP contribution in [0.4, 0.5) is 4.79 Å². The van der Waals surface area contributed by atoms with Crippen molar-refractivity contribution in [2.45, 2.75) is 50.5 Å². The summed E-state index contributed by atoms with van der Waals surface area (Å²) < 4.78 is 9.40. The van der Waals surface area contributed by atoms with Gasteiger partial charge in [-0.3, -0.25) is 4.79 Å². The lowest BCUT2D eigenvalue weighted by molar-refractivity contribution is -0.161. The highest BCUT2D eigenvalue weighted by Crippen LogP contribution is 2.75. The summed E-state index contributed by atoms with van der Waals surface area (Å²) in [6.45, 7) is 7.83. The molecule has 7 heteroatoms. The maximum Gasteiger partial charge on any atom is 0.410 e. The molecule has 2 atom stereocenters. The molecule has 1 amide bonds. The summed E-state index contributed by atoms with van der Waals surface area (Å²) in [5.74, 6) is -0.399. The zero-order valence-electron chi connectivity index (χ0n) is 13.7. The second-order valence-corrected chi connectivity index (χ2v) is 8.92. The van der Waals surface area contributed by atoms with Crippen LogP contribution < -0.4 is 0 Å². The minimum atomic E-state index is -0.948. The summed E-state index contributed by atoms with van der Waals surface area (Å²) in [6.07, 6.45) is 0.634. The highest BCUT2D eigenvalue weighted by molar-refractivity contribution is 6.51. The Labute approximate surface area is 141 Å². The number of likely N-dealkylation sites (tertiary alicyclic amines) is 1. The fourth-order valence-electron chi connectivity index (χ4n) is 3.39. The smallest absolute Gasteiger partial charge is 0.410 e. The number of esters is 1. The summed E-state index contributed by atoms with van der Waals surface area (Å²) in [7, 11) is 1.33. The Balaban J connectivity index is 2.23. The number of amides is 1. The number of rotatable bonds is 1. The Hall–Kier alpha value is -0.680. The Bertz CT molecular complexity index is 502. The molecule has 2 aliphatic rings. The topological polar surface area (TPSA) is 55.8 Å². The van der Waals surface area contributed by atoms with Gasteiger partial charge in [-0.2, -0.15) is 0 Å². The van der Waals surface area contributed by atoms with Gasteiger partial charge in [0.2, 0.25) is 0 Å². The first-order chi connectivity index (χ1) is 9.88. The normalized spacial score (nSPS) is 33.5. The molecule has 1 spiro atoms. The predicted octanol–water partition coefficient (Wildman–Crippen LogP) is 3.37. The van der Waals surface area contributed by atoms with Crippen molar-refractivity contribution in [3.63, 3.8) is 0 Å². The number of hydrogen-bond donors (Lipinski definition) is 0. The van der Waals surface area contributed by atoms with Crippen molar-refractivity contribution in [2.24, 2.45) is 10.8 Å². The van der Waals surface area contributed by atoms with Gasteiger partial charge in [-0.05, 0) is 40.5 Å². The van der Waals surface area contributed by atoms with Gasteiger partial charge in [0.1, 0.15) is 9.93 Å². The number of nitrogens with zero attached hydrogens (tertiary/aromatic N) is 1. The van der Waals surface area contributed by atoms with Crippen LogP contribution in [0.25, 0.3) is 0 Å². The molecule has 5 nitrogen and oxygen atoms in total. The van der Waals surface area contributed by atoms with Crippen molar-refractivity contribution in [3.05, 3.63) is 0 Å². The van der Waals surface area contributed by atoms with E-state index in [1.807, 2.05) is 0 Å². The maximum atomic E-state index is 12.4. The minimum absolute atomic E-state index is 0.190. The second-order valence-electron chi connectivity index (χ2n) is 7.44. The molecule has 0 bridgehead atoms. The van der Waals surface area contributed by atoms with E-state index in [-0.39, 0.29) is 6.54 Å². The summed E-state index contributed by atoms with van der Waals surface area (Å²) in [5, 5.41) is 0. The fraction of sp³-hybridized carbons (Fsp3) is 0.867. The molecular formula is C15H23Cl2NO4. The van der Waals surface area contributed by atoms with Crippen LogP contribution in [-0.4, -0.2) is 47.1 Å². The van der Waals surface area contributed by atoms with E-state index in [9.17, 15) is 9.59 Å². The summed E-state index contributed by atoms with van der Waals surface area (Å²) in [4.78, 5) is 26.2. The largest absolute Gasteiger partial charge is 0.469 e. The fourth-order valence-corrected chi connectivity index (χ4v) is 4.45. The van der Waals surface area contributed by atoms with Crippen LogP contribution in [0.1, 0.15) is 40.5 Å². The predicted molar refractivity (Wildman–Crippen MR) is 84.0 cm³/mol. The first-order valence-corrected chi connectivity index (χ1v) is 8.08. The molecule has 22 heavy (non-hydrogen) atoms. The molecule has 0 aromatic rings. The standard InChI is InChI=1S/C15H23Cl2NO4/c1-12(2,3)22-11(20)18-7-6-14(8-15(14,16)17)13(4,9-18)10(19)21-5/h6-9H2,1-5H3/t13-,14?/m0/s1. The number of carbonyl (C=O) groups is 2. The zero-order valence-corrected chi connectivity index (χ0v) is 15.2. The summed E-state index contributed by atoms with van der Waals surface area (Å²) >= 11 is 12.6. The number of ether oxygens (including phenoxy) is 2. The van der Waals surface area contributed by atoms with E-state index in [0.29, 0.717) is 19.4 Å². The lowest BCUT2D eigenvalue weighted by Gasteiger charge is -2.45. The molecule has 0 radical (unpaired) electrons. The van der Waals surface area contributed by atoms with Crippen molar-refractivity contribution in [1.82, 2.24) is 4.90 Å². The molecular weight excluding hydrogens is 329 g/mol. The molecule has 2 fully saturated rings. The van der Waals surface area contributed by atoms with E-state index in [4.69, 9.17) is 32.7 Å². The van der Waals surface area contributed by atoms with Gasteiger partial charge in [0.25, 0.3) is 0 Å². The molecule has 0 aromatic heterocycles. The average Bonchev–Trinajstić information content (AvgIpc) is 2.93. The van der Waals surface area contributed by atoms with Gasteiger partial charge in [0.15, 0.2) is 0 Å². The molecule has 1 saturated carbocycles. The van der Waals surface area contributed by atoms with Crippen LogP contribution >= 0.6 is 23.2 Å². The van der Waals surface area contributed by atoms with Gasteiger partial charge < -0.3 is 14.4 Å². The first-order valence-electron chi connectivity index (χ1n) is 7.33. The molecule has 126 valence electrons. The third kappa shape index (κ3) is 2.67. The lowest BCUT2D eigenvalue weighted by Crippen LogP contribution is -2.56. The summed E-state index contributed by atoms with van der Waals surface area (Å²) in [6, 6.07) is 0. The number of piperidine rings is 1. The first kappa shape index (κ1) is 17.7. The van der Waals surface area contributed by atoms with Crippen molar-refractivity contribution < 1.29 is 19.1 Å². The number of alkyl halides is 2. The zero-order chi connectivity index (χ0) is 17.0. The molecule has 1 aliphatic carbocycles. The maximum absolute atomic E-state index is 12.4. The highest BCUT2D eigenvalue weighted by atomic mass is 35.5. The van der Waals surface area contributed by atoms with E-state index >= 15 is 0 Å². The Morgan fingerprint density at radius 1 is 1.23 bits per heavy atom. The van der Waals surface area contributed by atoms with Crippen molar-refractivity contribution in [3.8, 4) is 0 Å². The van der Waals surface area contributed by atoms with Gasteiger partial charge in [-0.15, -0.1) is 23.2 Å². The Kier molecular flexibility index (Phi) is 4.15. The molecule has 1 saturated heterocycles. The van der Waals surface area contributed by atoms with E-state index in [0.717, 1.165) is 0 Å². The van der Waals surface area contributed by atoms with E-state index in [2.05, 4.69) is 0 Å². The third-order valence-corrected chi connectivity index (χ3v) is 5.75. The second kappa shape index (κ2) is 5.17. The average molecular weight is 352 g/mol. The van der Waals surface area contributed by atoms with E-state index in [1.165, 1.54) is 12.0 Å². The van der Waals surface area contributed by atoms with Gasteiger partial charge in [0.05, 0.1) is 12.5 Å². The molecule has 0 N–H and O–H groups in total. The number of hydrogen-bond acceptors (Lipinski definition) is 4. The third-order valence-electron chi connectivity index (χ3n) is 4.76. The molecule has 1 unspecified atom stereocenters. The van der Waals surface area contributed by atoms with Crippen LogP contribution in [-0.2, 0) is 14.3 Å². The van der Waals surface area contributed by atoms with Crippen molar-refractivity contribution in [2.75, 3.05) is 20.2 Å².